The summed E-state index contributed by atoms with van der Waals surface area (Å²) in [5.41, 5.74) is 0. The van der Waals surface area contributed by atoms with E-state index in [0.29, 0.717) is 0 Å². The molecule has 0 N–H and O–H groups in total. The van der Waals surface area contributed by atoms with E-state index in [1.165, 1.54) is 0 Å². The lowest BCUT2D eigenvalue weighted by Gasteiger charge is -0.760. The van der Waals surface area contributed by atoms with E-state index in [1.807, 2.05) is 0 Å². The molecule has 0 heterocycles. The lowest BCUT2D eigenvalue weighted by atomic mass is 30.6. The summed E-state index contributed by atoms with van der Waals surface area (Å²) in [7, 11) is 2.56. The van der Waals surface area contributed by atoms with Crippen molar-refractivity contribution in [3.63, 3.8) is 0 Å². The SMILES string of the molecule is P=S.S.[2H]S. The van der Waals surface area contributed by atoms with Gasteiger partial charge in [0.25, 0.3) is 0 Å². The Kier molecular flexibility index (Phi) is 65.9. The molecule has 0 aromatic rings. The summed E-state index contributed by atoms with van der Waals surface area (Å²) >= 11 is 6.67. The van der Waals surface area contributed by atoms with Crippen LogP contribution in [0.3, 0.4) is 0 Å². The van der Waals surface area contributed by atoms with Crippen LogP contribution in [-0.4, -0.2) is 1.12 Å². The molecule has 0 saturated carbocycles. The molecule has 0 bridgehead atoms. The third kappa shape index (κ3) is 10.7. The fourth-order valence-electron chi connectivity index (χ4n) is 0. The van der Waals surface area contributed by atoms with E-state index < -0.39 is 0 Å². The van der Waals surface area contributed by atoms with Crippen molar-refractivity contribution in [1.82, 2.24) is 0 Å². The van der Waals surface area contributed by atoms with E-state index in [1.54, 1.807) is 0 Å². The van der Waals surface area contributed by atoms with Gasteiger partial charge in [-0.05, 0) is 8.02 Å². The lowest BCUT2D eigenvalue weighted by molar-refractivity contribution is 6.40. The second kappa shape index (κ2) is 29.4. The molecule has 0 amide bonds. The highest BCUT2D eigenvalue weighted by Gasteiger charge is 0.655. The van der Waals surface area contributed by atoms with Gasteiger partial charge in [0.15, 0.2) is 0 Å². The molecule has 0 unspecified atom stereocenters. The average Bonchev–Trinajstić information content (AvgIpc) is 1.50. The van der Waals surface area contributed by atoms with Crippen molar-refractivity contribution in [2.24, 2.45) is 0 Å². The minimum atomic E-state index is 0. The quantitative estimate of drug-likeness (QED) is 0.441. The highest BCUT2D eigenvalue weighted by molar-refractivity contribution is 7.88. The van der Waals surface area contributed by atoms with Crippen molar-refractivity contribution in [3.8, 4) is 0 Å². The summed E-state index contributed by atoms with van der Waals surface area (Å²) in [5.74, 6) is 0. The number of hydrogen-bond acceptors (Lipinski definition) is 1. The minimum absolute atomic E-state index is 0. The summed E-state index contributed by atoms with van der Waals surface area (Å²) in [6, 6.07) is 0. The normalized spacial score (nSPS) is 2.75. The Morgan fingerprint density at radius 3 is 1.50 bits per heavy atom. The van der Waals surface area contributed by atoms with Crippen molar-refractivity contribution in [2.45, 2.75) is 0 Å². The molecule has 0 aromatic heterocycles. The van der Waals surface area contributed by atoms with Crippen molar-refractivity contribution in [1.29, 1.82) is 1.12 Å². The van der Waals surface area contributed by atoms with Crippen LogP contribution in [0.4, 0.5) is 0 Å². The van der Waals surface area contributed by atoms with E-state index >= 15 is 0 Å². The van der Waals surface area contributed by atoms with Crippen LogP contribution in [0.1, 0.15) is 0 Å². The molecule has 0 aliphatic heterocycles. The van der Waals surface area contributed by atoms with E-state index in [2.05, 4.69) is 33.2 Å². The van der Waals surface area contributed by atoms with Crippen molar-refractivity contribution in [3.05, 3.63) is 0 Å². The smallest absolute Gasteiger partial charge is 0.0985 e. The molecule has 28 valence electrons. The van der Waals surface area contributed by atoms with Gasteiger partial charge in [-0.15, -0.1) is 0 Å². The Morgan fingerprint density at radius 1 is 1.50 bits per heavy atom. The summed E-state index contributed by atoms with van der Waals surface area (Å²) in [6.07, 6.45) is 0. The largest absolute Gasteiger partial charge is 0.197 e. The van der Waals surface area contributed by atoms with E-state index in [0.717, 1.165) is 0 Å². The molecule has 0 fully saturated rings. The second-order valence-electron chi connectivity index (χ2n) is 0. The summed E-state index contributed by atoms with van der Waals surface area (Å²) < 4.78 is 5.44. The Balaban J connectivity index is -0.0000000133. The van der Waals surface area contributed by atoms with Gasteiger partial charge >= 0.3 is 0 Å². The second-order valence-corrected chi connectivity index (χ2v) is 0. The molecule has 0 rings (SSSR count). The number of rotatable bonds is 0. The van der Waals surface area contributed by atoms with Crippen LogP contribution in [0.2, 0.25) is 0 Å². The first-order chi connectivity index (χ1) is 2.00. The monoisotopic (exact) mass is 133 g/mol. The standard InChI is InChI=1S/HPS.2H2S/c1-2;;/h1H;2*1H2/i/hD. The van der Waals surface area contributed by atoms with Crippen LogP contribution in [0.5, 0.6) is 0 Å². The molecular formula is H5PS3. The van der Waals surface area contributed by atoms with Gasteiger partial charge in [0.2, 0.25) is 0 Å². The van der Waals surface area contributed by atoms with Crippen LogP contribution in [0.25, 0.3) is 0 Å². The molecule has 0 radical (unpaired) electrons. The highest BCUT2D eigenvalue weighted by atomic mass is 32.4. The summed E-state index contributed by atoms with van der Waals surface area (Å²) in [4.78, 5) is 0. The predicted octanol–water partition coefficient (Wildman–Crippen LogP) is 0.817. The van der Waals surface area contributed by atoms with Crippen LogP contribution in [0.15, 0.2) is 0 Å². The molecular weight excluding hydrogens is 127 g/mol. The van der Waals surface area contributed by atoms with Crippen LogP contribution in [0, 0.1) is 0 Å². The van der Waals surface area contributed by atoms with E-state index in [4.69, 9.17) is 1.12 Å². The fraction of sp³-hybridized carbons (Fsp3) is 0. The minimum Gasteiger partial charge on any atom is -0.197 e. The lowest BCUT2D eigenvalue weighted by Crippen LogP contribution is -0.399. The summed E-state index contributed by atoms with van der Waals surface area (Å²) in [6.45, 7) is 0. The van der Waals surface area contributed by atoms with Gasteiger partial charge in [0, 0.05) is 0 Å². The first-order valence-corrected chi connectivity index (χ1v) is 1.84. The molecule has 0 spiro atoms. The first-order valence-electron chi connectivity index (χ1n) is 0.651. The topological polar surface area (TPSA) is 0 Å². The van der Waals surface area contributed by atoms with Gasteiger partial charge in [0.05, 0.1) is 1.12 Å². The molecule has 0 atom stereocenters. The fourth-order valence-corrected chi connectivity index (χ4v) is 0. The zero-order valence-corrected chi connectivity index (χ0v) is 5.57. The van der Waals surface area contributed by atoms with Gasteiger partial charge in [-0.1, -0.05) is 11.8 Å². The maximum Gasteiger partial charge on any atom is 0.0985 e. The van der Waals surface area contributed by atoms with E-state index in [-0.39, 0.29) is 13.5 Å². The first kappa shape index (κ1) is 8.97. The van der Waals surface area contributed by atoms with Crippen molar-refractivity contribution >= 4 is 46.7 Å². The molecule has 0 aliphatic rings. The third-order valence-electron chi connectivity index (χ3n) is 0. The molecule has 0 saturated heterocycles. The molecule has 4 heteroatoms. The summed E-state index contributed by atoms with van der Waals surface area (Å²) in [5, 5.41) is 0. The maximum atomic E-state index is 5.44. The van der Waals surface area contributed by atoms with Gasteiger partial charge in [-0.25, -0.2) is 0 Å². The number of hydrogen-bond donors (Lipinski definition) is 0. The van der Waals surface area contributed by atoms with E-state index in [9.17, 15) is 0 Å². The van der Waals surface area contributed by atoms with Crippen molar-refractivity contribution in [2.75, 3.05) is 0 Å². The Hall–Kier alpha value is 1.22. The van der Waals surface area contributed by atoms with Gasteiger partial charge < -0.3 is 0 Å². The van der Waals surface area contributed by atoms with Gasteiger partial charge in [-0.2, -0.15) is 26.9 Å². The Morgan fingerprint density at radius 2 is 1.50 bits per heavy atom. The maximum absolute atomic E-state index is 5.44. The average molecular weight is 133 g/mol. The molecule has 0 aliphatic carbocycles. The molecule has 0 nitrogen and oxygen atoms in total. The molecule has 4 heavy (non-hydrogen) atoms. The van der Waals surface area contributed by atoms with Crippen LogP contribution < -0.4 is 0 Å². The Labute approximate surface area is 48.2 Å². The van der Waals surface area contributed by atoms with Crippen molar-refractivity contribution < 1.29 is 0 Å². The molecule has 0 aromatic carbocycles. The zero-order valence-electron chi connectivity index (χ0n) is 2.86. The predicted molar refractivity (Wildman–Crippen MR) is 36.4 cm³/mol. The highest BCUT2D eigenvalue weighted by Crippen LogP contribution is 1.26. The van der Waals surface area contributed by atoms with Crippen LogP contribution in [-0.2, 0) is 11.8 Å². The van der Waals surface area contributed by atoms with Crippen LogP contribution >= 0.6 is 34.9 Å². The zero-order chi connectivity index (χ0) is 4.00. The van der Waals surface area contributed by atoms with Gasteiger partial charge in [-0.3, -0.25) is 0 Å². The Bertz CT molecular complexity index is 6.85. The van der Waals surface area contributed by atoms with Gasteiger partial charge in [0.1, 0.15) is 0 Å². The third-order valence-corrected chi connectivity index (χ3v) is 0.